The van der Waals surface area contributed by atoms with Gasteiger partial charge in [-0.3, -0.25) is 4.79 Å². The molecule has 0 fully saturated rings. The molecule has 0 bridgehead atoms. The third kappa shape index (κ3) is 4.83. The van der Waals surface area contributed by atoms with Gasteiger partial charge in [0.2, 0.25) is 6.33 Å². The first-order valence-electron chi connectivity index (χ1n) is 10.9. The summed E-state index contributed by atoms with van der Waals surface area (Å²) in [6.07, 6.45) is -5.11. The molecule has 162 valence electrons. The number of carbonyl (C=O) groups excluding carboxylic acids is 1. The van der Waals surface area contributed by atoms with Gasteiger partial charge in [-0.1, -0.05) is 0 Å². The van der Waals surface area contributed by atoms with Gasteiger partial charge in [-0.25, -0.2) is 24.1 Å². The van der Waals surface area contributed by atoms with Crippen molar-refractivity contribution in [3.63, 3.8) is 0 Å². The van der Waals surface area contributed by atoms with E-state index < -0.39 is 62.4 Å². The summed E-state index contributed by atoms with van der Waals surface area (Å²) in [6.45, 7) is -6.98. The Labute approximate surface area is 176 Å². The predicted molar refractivity (Wildman–Crippen MR) is 96.3 cm³/mol. The van der Waals surface area contributed by atoms with E-state index >= 15 is 0 Å². The van der Waals surface area contributed by atoms with Crippen LogP contribution in [0, 0.1) is 0 Å². The highest BCUT2D eigenvalue weighted by Crippen LogP contribution is 2.41. The van der Waals surface area contributed by atoms with Crippen molar-refractivity contribution in [2.75, 3.05) is 11.7 Å². The molecule has 0 aliphatic heterocycles. The lowest BCUT2D eigenvalue weighted by atomic mass is 10.4. The number of aryl methyl sites for hydroxylation is 1. The molecule has 15 heteroatoms. The van der Waals surface area contributed by atoms with Gasteiger partial charge in [0.05, 0.1) is 30.1 Å². The molecule has 0 aliphatic rings. The topological polar surface area (TPSA) is 128 Å². The number of aromatic nitrogens is 6. The number of amides is 1. The third-order valence-electron chi connectivity index (χ3n) is 3.54. The highest BCUT2D eigenvalue weighted by atomic mass is 31.2. The number of hydrogen-bond acceptors (Lipinski definition) is 6. The molecule has 3 aromatic rings. The van der Waals surface area contributed by atoms with Gasteiger partial charge in [-0.2, -0.15) is 17.5 Å². The van der Waals surface area contributed by atoms with Crippen LogP contribution >= 0.6 is 7.52 Å². The van der Waals surface area contributed by atoms with Crippen molar-refractivity contribution in [3.05, 3.63) is 31.4 Å². The van der Waals surface area contributed by atoms with E-state index in [4.69, 9.17) is 13.0 Å². The maximum Gasteiger partial charge on any atom is 0.471 e. The molecule has 0 aliphatic carbocycles. The molecule has 0 spiro atoms. The Morgan fingerprint density at radius 1 is 1.53 bits per heavy atom. The summed E-state index contributed by atoms with van der Waals surface area (Å²) in [5.41, 5.74) is -1.15. The maximum absolute atomic E-state index is 12.7. The van der Waals surface area contributed by atoms with Crippen LogP contribution in [-0.2, 0) is 27.6 Å². The summed E-state index contributed by atoms with van der Waals surface area (Å²) in [5.74, 6) is -3.17. The van der Waals surface area contributed by atoms with Crippen molar-refractivity contribution >= 4 is 30.4 Å². The molecule has 2 N–H and O–H groups in total. The zero-order valence-corrected chi connectivity index (χ0v) is 15.9. The summed E-state index contributed by atoms with van der Waals surface area (Å²) in [5, 5.41) is 1.45. The van der Waals surface area contributed by atoms with Crippen molar-refractivity contribution in [1.29, 1.82) is 0 Å². The average molecular weight is 454 g/mol. The molecular weight excluding hydrogens is 430 g/mol. The molecule has 3 aromatic heterocycles. The Kier molecular flexibility index (Phi) is 4.07. The normalized spacial score (nSPS) is 20.0. The fourth-order valence-corrected chi connectivity index (χ4v) is 3.19. The van der Waals surface area contributed by atoms with Gasteiger partial charge in [0, 0.05) is 4.11 Å². The lowest BCUT2D eigenvalue weighted by Gasteiger charge is -2.15. The van der Waals surface area contributed by atoms with Gasteiger partial charge in [0.25, 0.3) is 0 Å². The average Bonchev–Trinajstić information content (AvgIpc) is 3.38. The van der Waals surface area contributed by atoms with E-state index in [1.807, 2.05) is 0 Å². The summed E-state index contributed by atoms with van der Waals surface area (Å²) >= 11 is 0. The number of nitrogens with one attached hydrogen (secondary N) is 1. The third-order valence-corrected chi connectivity index (χ3v) is 4.96. The van der Waals surface area contributed by atoms with Gasteiger partial charge in [-0.05, 0) is 6.85 Å². The van der Waals surface area contributed by atoms with E-state index in [9.17, 15) is 27.4 Å². The quantitative estimate of drug-likeness (QED) is 0.403. The van der Waals surface area contributed by atoms with Crippen molar-refractivity contribution in [3.8, 4) is 0 Å². The monoisotopic (exact) mass is 454 g/mol. The summed E-state index contributed by atoms with van der Waals surface area (Å²) in [6, 6.07) is 0. The summed E-state index contributed by atoms with van der Waals surface area (Å²) in [7, 11) is -2.96. The zero-order chi connectivity index (χ0) is 27.3. The van der Waals surface area contributed by atoms with Crippen LogP contribution in [0.25, 0.3) is 11.2 Å². The van der Waals surface area contributed by atoms with E-state index in [2.05, 4.69) is 15.0 Å². The van der Waals surface area contributed by atoms with Gasteiger partial charge in [0.1, 0.15) is 18.7 Å². The summed E-state index contributed by atoms with van der Waals surface area (Å²) < 4.78 is 107. The first-order chi connectivity index (χ1) is 16.3. The fraction of sp³-hybridized carbons (Fsp3) is 0.400. The minimum atomic E-state index is -5.28. The Morgan fingerprint density at radius 2 is 2.30 bits per heavy atom. The van der Waals surface area contributed by atoms with Crippen LogP contribution in [0.3, 0.4) is 0 Å². The van der Waals surface area contributed by atoms with Gasteiger partial charge in [-0.15, -0.1) is 0 Å². The van der Waals surface area contributed by atoms with Gasteiger partial charge >= 0.3 is 19.6 Å². The van der Waals surface area contributed by atoms with Crippen molar-refractivity contribution in [1.82, 2.24) is 23.9 Å². The van der Waals surface area contributed by atoms with Gasteiger partial charge in [0.15, 0.2) is 23.3 Å². The molecule has 0 radical (unpaired) electrons. The molecule has 1 amide bonds. The highest BCUT2D eigenvalue weighted by Gasteiger charge is 2.39. The number of alkyl halides is 3. The number of fused-ring (bicyclic) bond motifs is 1. The van der Waals surface area contributed by atoms with Gasteiger partial charge < -0.3 is 19.5 Å². The molecule has 3 heterocycles. The molecule has 2 atom stereocenters. The molecule has 0 aromatic carbocycles. The Balaban J connectivity index is 2.03. The summed E-state index contributed by atoms with van der Waals surface area (Å²) in [4.78, 5) is 32.4. The largest absolute Gasteiger partial charge is 0.471 e. The second kappa shape index (κ2) is 8.13. The fourth-order valence-electron chi connectivity index (χ4n) is 2.17. The van der Waals surface area contributed by atoms with Crippen molar-refractivity contribution < 1.29 is 45.0 Å². The first-order valence-corrected chi connectivity index (χ1v) is 9.67. The number of halogens is 3. The zero-order valence-electron chi connectivity index (χ0n) is 21.0. The second-order valence-electron chi connectivity index (χ2n) is 5.80. The molecule has 30 heavy (non-hydrogen) atoms. The molecule has 0 saturated carbocycles. The smallest absolute Gasteiger partial charge is 0.362 e. The van der Waals surface area contributed by atoms with Crippen LogP contribution in [0.2, 0.25) is 0 Å². The van der Waals surface area contributed by atoms with E-state index in [0.717, 1.165) is 4.34 Å². The van der Waals surface area contributed by atoms with Crippen molar-refractivity contribution in [2.45, 2.75) is 25.6 Å². The van der Waals surface area contributed by atoms with Crippen LogP contribution in [0.4, 0.5) is 19.0 Å². The molecule has 11 nitrogen and oxygen atoms in total. The molecule has 3 rings (SSSR count). The number of hydrogen-bond donors (Lipinski definition) is 2. The predicted octanol–water partition coefficient (Wildman–Crippen LogP) is 1.05. The standard InChI is InChI=1S/C15H17F3N7O4P/c1-10(29-9-30(27,28)25-4-3-23(2)8-25)5-24-7-21-11-12(19-6-20-13(11)24)22-14(26)15(16,17)18/h3-4,6-8,10H,5,9H2,1-2H3,(H-,19,20,22,26,27,28)/p+1/i1D3,5D2,10D. The highest BCUT2D eigenvalue weighted by molar-refractivity contribution is 7.56. The number of imidazole rings is 2. The van der Waals surface area contributed by atoms with E-state index in [-0.39, 0.29) is 0 Å². The SMILES string of the molecule is [2H]C([2H])([2H])C([2H])(OCP(=O)(O)n1cc[n+](C)c1)C([2H])([2H])n1cnc2c(NC(=O)C(F)(F)F)ncnc21. The van der Waals surface area contributed by atoms with E-state index in [0.29, 0.717) is 17.2 Å². The van der Waals surface area contributed by atoms with Crippen LogP contribution in [-0.4, -0.2) is 53.3 Å². The number of nitrogens with zero attached hydrogens (tertiary/aromatic N) is 6. The van der Waals surface area contributed by atoms with E-state index in [1.54, 1.807) is 0 Å². The molecule has 0 saturated heterocycles. The Bertz CT molecular complexity index is 1350. The number of ether oxygens (including phenoxy) is 1. The maximum atomic E-state index is 12.7. The second-order valence-corrected chi connectivity index (χ2v) is 7.85. The van der Waals surface area contributed by atoms with Crippen LogP contribution in [0.1, 0.15) is 15.1 Å². The Morgan fingerprint density at radius 3 is 2.93 bits per heavy atom. The first kappa shape index (κ1) is 15.0. The Hall–Kier alpha value is -2.83. The van der Waals surface area contributed by atoms with Crippen LogP contribution in [0.5, 0.6) is 0 Å². The number of rotatable bonds is 7. The number of anilines is 1. The van der Waals surface area contributed by atoms with Crippen molar-refractivity contribution in [2.24, 2.45) is 7.05 Å². The minimum absolute atomic E-state index is 0.380. The van der Waals surface area contributed by atoms with Crippen LogP contribution in [0.15, 0.2) is 31.4 Å². The van der Waals surface area contributed by atoms with E-state index in [1.165, 1.54) is 35.7 Å². The molecule has 2 unspecified atom stereocenters. The van der Waals surface area contributed by atoms with Crippen LogP contribution < -0.4 is 9.88 Å². The minimum Gasteiger partial charge on any atom is -0.362 e. The lowest BCUT2D eigenvalue weighted by Crippen LogP contribution is -2.30. The number of carbonyl (C=O) groups is 1. The molecular formula is C15H18F3N7O4P+. The lowest BCUT2D eigenvalue weighted by molar-refractivity contribution is -0.670.